The molecule has 1 nitrogen and oxygen atoms in total. The molecule has 1 N–H and O–H groups in total. The third-order valence-electron chi connectivity index (χ3n) is 1.96. The van der Waals surface area contributed by atoms with Crippen LogP contribution in [0.5, 0.6) is 0 Å². The van der Waals surface area contributed by atoms with Gasteiger partial charge in [0.15, 0.2) is 0 Å². The van der Waals surface area contributed by atoms with Crippen molar-refractivity contribution >= 4 is 0 Å². The van der Waals surface area contributed by atoms with Crippen molar-refractivity contribution in [3.05, 3.63) is 44.3 Å². The Morgan fingerprint density at radius 3 is 2.67 bits per heavy atom. The summed E-state index contributed by atoms with van der Waals surface area (Å²) in [5.74, 6) is 1.03. The summed E-state index contributed by atoms with van der Waals surface area (Å²) < 4.78 is 0. The zero-order chi connectivity index (χ0) is 8.81. The van der Waals surface area contributed by atoms with Crippen molar-refractivity contribution in [1.29, 1.82) is 0 Å². The Morgan fingerprint density at radius 2 is 2.08 bits per heavy atom. The second-order valence-electron chi connectivity index (χ2n) is 2.95. The first-order valence-electron chi connectivity index (χ1n) is 4.35. The Bertz CT molecular complexity index is 125. The van der Waals surface area contributed by atoms with Crippen LogP contribution in [-0.4, -0.2) is 11.2 Å². The van der Waals surface area contributed by atoms with E-state index < -0.39 is 0 Å². The van der Waals surface area contributed by atoms with E-state index >= 15 is 0 Å². The number of rotatable bonds is 5. The van der Waals surface area contributed by atoms with E-state index in [0.717, 1.165) is 25.2 Å². The molecule has 1 unspecified atom stereocenters. The Morgan fingerprint density at radius 1 is 1.42 bits per heavy atom. The SMILES string of the molecule is C=CCCCC(O)[C]1[CH][CH][CH][CH]1. The lowest BCUT2D eigenvalue weighted by molar-refractivity contribution is 0.183. The predicted octanol–water partition coefficient (Wildman–Crippen LogP) is 2.11. The minimum Gasteiger partial charge on any atom is -0.393 e. The van der Waals surface area contributed by atoms with E-state index in [1.807, 2.05) is 31.8 Å². The van der Waals surface area contributed by atoms with Crippen LogP contribution in [0.25, 0.3) is 0 Å². The van der Waals surface area contributed by atoms with Gasteiger partial charge in [0.05, 0.1) is 6.10 Å². The summed E-state index contributed by atoms with van der Waals surface area (Å²) in [7, 11) is 0. The molecular formula is C11H15O. The monoisotopic (exact) mass is 163 g/mol. The molecule has 1 aliphatic rings. The van der Waals surface area contributed by atoms with Gasteiger partial charge in [0.25, 0.3) is 0 Å². The summed E-state index contributed by atoms with van der Waals surface area (Å²) in [6, 6.07) is 0. The lowest BCUT2D eigenvalue weighted by atomic mass is 9.96. The van der Waals surface area contributed by atoms with Crippen molar-refractivity contribution in [2.75, 3.05) is 0 Å². The Balaban J connectivity index is 2.09. The van der Waals surface area contributed by atoms with Crippen molar-refractivity contribution in [3.8, 4) is 0 Å². The lowest BCUT2D eigenvalue weighted by Crippen LogP contribution is -2.15. The molecule has 0 aromatic rings. The van der Waals surface area contributed by atoms with Crippen LogP contribution in [0.15, 0.2) is 12.7 Å². The van der Waals surface area contributed by atoms with Crippen molar-refractivity contribution in [3.63, 3.8) is 0 Å². The quantitative estimate of drug-likeness (QED) is 0.486. The molecule has 1 aliphatic carbocycles. The van der Waals surface area contributed by atoms with Crippen LogP contribution >= 0.6 is 0 Å². The molecule has 1 saturated carbocycles. The smallest absolute Gasteiger partial charge is 0.0608 e. The van der Waals surface area contributed by atoms with Gasteiger partial charge in [-0.2, -0.15) is 0 Å². The molecule has 1 fully saturated rings. The van der Waals surface area contributed by atoms with E-state index in [1.165, 1.54) is 0 Å². The highest BCUT2D eigenvalue weighted by molar-refractivity contribution is 5.37. The van der Waals surface area contributed by atoms with E-state index in [9.17, 15) is 5.11 Å². The highest BCUT2D eigenvalue weighted by atomic mass is 16.3. The highest BCUT2D eigenvalue weighted by Gasteiger charge is 2.23. The van der Waals surface area contributed by atoms with Gasteiger partial charge in [-0.15, -0.1) is 6.58 Å². The van der Waals surface area contributed by atoms with Gasteiger partial charge in [-0.05, 0) is 44.9 Å². The molecule has 0 spiro atoms. The molecular weight excluding hydrogens is 148 g/mol. The maximum absolute atomic E-state index is 9.60. The lowest BCUT2D eigenvalue weighted by Gasteiger charge is -2.15. The van der Waals surface area contributed by atoms with Gasteiger partial charge in [0.1, 0.15) is 0 Å². The summed E-state index contributed by atoms with van der Waals surface area (Å²) >= 11 is 0. The van der Waals surface area contributed by atoms with E-state index in [0.29, 0.717) is 0 Å². The number of aliphatic hydroxyl groups is 1. The largest absolute Gasteiger partial charge is 0.393 e. The summed E-state index contributed by atoms with van der Waals surface area (Å²) in [6.45, 7) is 3.64. The fourth-order valence-corrected chi connectivity index (χ4v) is 1.23. The first-order chi connectivity index (χ1) is 5.84. The number of allylic oxidation sites excluding steroid dienone is 1. The minimum absolute atomic E-state index is 0.292. The minimum atomic E-state index is -0.292. The number of aliphatic hydroxyl groups excluding tert-OH is 1. The van der Waals surface area contributed by atoms with Crippen LogP contribution in [0, 0.1) is 31.6 Å². The molecule has 0 amide bonds. The zero-order valence-electron chi connectivity index (χ0n) is 7.24. The highest BCUT2D eigenvalue weighted by Crippen LogP contribution is 2.28. The molecule has 0 aromatic carbocycles. The van der Waals surface area contributed by atoms with Gasteiger partial charge < -0.3 is 5.11 Å². The second-order valence-corrected chi connectivity index (χ2v) is 2.95. The van der Waals surface area contributed by atoms with Gasteiger partial charge in [0, 0.05) is 5.92 Å². The zero-order valence-corrected chi connectivity index (χ0v) is 7.24. The van der Waals surface area contributed by atoms with E-state index in [2.05, 4.69) is 6.58 Å². The van der Waals surface area contributed by atoms with Crippen molar-refractivity contribution < 1.29 is 5.11 Å². The fourth-order valence-electron chi connectivity index (χ4n) is 1.23. The molecule has 1 rings (SSSR count). The van der Waals surface area contributed by atoms with Crippen LogP contribution in [-0.2, 0) is 0 Å². The van der Waals surface area contributed by atoms with Gasteiger partial charge in [-0.3, -0.25) is 0 Å². The predicted molar refractivity (Wildman–Crippen MR) is 50.5 cm³/mol. The maximum Gasteiger partial charge on any atom is 0.0608 e. The maximum atomic E-state index is 9.60. The summed E-state index contributed by atoms with van der Waals surface area (Å²) in [4.78, 5) is 0. The summed E-state index contributed by atoms with van der Waals surface area (Å²) in [5.41, 5.74) is 0. The van der Waals surface area contributed by atoms with Crippen LogP contribution in [0.2, 0.25) is 0 Å². The average Bonchev–Trinajstić information content (AvgIpc) is 2.56. The number of hydrogen-bond donors (Lipinski definition) is 1. The van der Waals surface area contributed by atoms with Crippen LogP contribution in [0.1, 0.15) is 19.3 Å². The normalized spacial score (nSPS) is 21.1. The molecule has 1 heteroatoms. The average molecular weight is 163 g/mol. The molecule has 0 saturated heterocycles. The van der Waals surface area contributed by atoms with Crippen molar-refractivity contribution in [2.24, 2.45) is 0 Å². The first kappa shape index (κ1) is 9.79. The van der Waals surface area contributed by atoms with Gasteiger partial charge in [-0.25, -0.2) is 0 Å². The molecule has 5 radical (unpaired) electrons. The topological polar surface area (TPSA) is 20.2 Å². The first-order valence-corrected chi connectivity index (χ1v) is 4.35. The fraction of sp³-hybridized carbons (Fsp3) is 0.364. The molecule has 65 valence electrons. The van der Waals surface area contributed by atoms with Crippen molar-refractivity contribution in [2.45, 2.75) is 25.4 Å². The second kappa shape index (κ2) is 5.36. The Kier molecular flexibility index (Phi) is 4.37. The van der Waals surface area contributed by atoms with Crippen LogP contribution in [0.4, 0.5) is 0 Å². The molecule has 0 aromatic heterocycles. The Hall–Kier alpha value is -0.300. The number of unbranched alkanes of at least 4 members (excludes halogenated alkanes) is 1. The Labute approximate surface area is 75.5 Å². The molecule has 0 aliphatic heterocycles. The van der Waals surface area contributed by atoms with E-state index in [-0.39, 0.29) is 6.10 Å². The van der Waals surface area contributed by atoms with Crippen LogP contribution < -0.4 is 0 Å². The standard InChI is InChI=1S/C11H15O/c1-2-3-4-9-11(12)10-7-5-6-8-10/h2,5-8,11-12H,1,3-4,9H2. The van der Waals surface area contributed by atoms with Crippen LogP contribution in [0.3, 0.4) is 0 Å². The van der Waals surface area contributed by atoms with Gasteiger partial charge >= 0.3 is 0 Å². The number of hydrogen-bond acceptors (Lipinski definition) is 1. The molecule has 0 bridgehead atoms. The van der Waals surface area contributed by atoms with Gasteiger partial charge in [0.2, 0.25) is 0 Å². The third kappa shape index (κ3) is 2.98. The van der Waals surface area contributed by atoms with E-state index in [4.69, 9.17) is 0 Å². The van der Waals surface area contributed by atoms with Gasteiger partial charge in [-0.1, -0.05) is 6.08 Å². The molecule has 1 atom stereocenters. The molecule has 12 heavy (non-hydrogen) atoms. The third-order valence-corrected chi connectivity index (χ3v) is 1.96. The van der Waals surface area contributed by atoms with Crippen molar-refractivity contribution in [1.82, 2.24) is 0 Å². The van der Waals surface area contributed by atoms with E-state index in [1.54, 1.807) is 0 Å². The summed E-state index contributed by atoms with van der Waals surface area (Å²) in [6.07, 6.45) is 12.2. The summed E-state index contributed by atoms with van der Waals surface area (Å²) in [5, 5.41) is 9.60. The molecule has 0 heterocycles.